The summed E-state index contributed by atoms with van der Waals surface area (Å²) in [5.74, 6) is -2.02. The van der Waals surface area contributed by atoms with E-state index in [0.717, 1.165) is 0 Å². The molecule has 122 valence electrons. The lowest BCUT2D eigenvalue weighted by Gasteiger charge is -2.16. The van der Waals surface area contributed by atoms with Gasteiger partial charge in [-0.1, -0.05) is 36.4 Å². The fourth-order valence-corrected chi connectivity index (χ4v) is 2.24. The summed E-state index contributed by atoms with van der Waals surface area (Å²) in [6.07, 6.45) is -2.25. The molecular weight excluding hydrogens is 312 g/mol. The largest absolute Gasteiger partial charge is 0.459 e. The van der Waals surface area contributed by atoms with Crippen LogP contribution in [0, 0.1) is 0 Å². The summed E-state index contributed by atoms with van der Waals surface area (Å²) >= 11 is 0. The molecule has 1 aliphatic rings. The molecule has 0 aliphatic carbocycles. The van der Waals surface area contributed by atoms with Crippen molar-refractivity contribution in [3.05, 3.63) is 71.8 Å². The first-order chi connectivity index (χ1) is 11.6. The van der Waals surface area contributed by atoms with E-state index in [4.69, 9.17) is 14.2 Å². The molecule has 1 aliphatic heterocycles. The number of ether oxygens (including phenoxy) is 3. The van der Waals surface area contributed by atoms with Gasteiger partial charge in [0.2, 0.25) is 6.10 Å². The van der Waals surface area contributed by atoms with Gasteiger partial charge in [-0.3, -0.25) is 0 Å². The molecule has 0 unspecified atom stereocenters. The van der Waals surface area contributed by atoms with Crippen molar-refractivity contribution in [1.29, 1.82) is 0 Å². The van der Waals surface area contributed by atoms with E-state index in [1.165, 1.54) is 0 Å². The molecular formula is C18H14O6. The molecule has 24 heavy (non-hydrogen) atoms. The molecule has 2 atom stereocenters. The number of benzene rings is 2. The minimum absolute atomic E-state index is 0.149. The van der Waals surface area contributed by atoms with Crippen molar-refractivity contribution in [2.75, 3.05) is 6.61 Å². The lowest BCUT2D eigenvalue weighted by Crippen LogP contribution is -2.36. The van der Waals surface area contributed by atoms with Crippen LogP contribution in [0.25, 0.3) is 0 Å². The lowest BCUT2D eigenvalue weighted by molar-refractivity contribution is -0.145. The molecule has 0 bridgehead atoms. The summed E-state index contributed by atoms with van der Waals surface area (Å²) in [5.41, 5.74) is 0.635. The first-order valence-electron chi connectivity index (χ1n) is 7.34. The number of hydrogen-bond acceptors (Lipinski definition) is 6. The van der Waals surface area contributed by atoms with Crippen molar-refractivity contribution in [3.63, 3.8) is 0 Å². The smallest absolute Gasteiger partial charge is 0.351 e. The number of esters is 3. The summed E-state index contributed by atoms with van der Waals surface area (Å²) in [5, 5.41) is 0. The van der Waals surface area contributed by atoms with Crippen LogP contribution in [0.1, 0.15) is 20.7 Å². The zero-order valence-electron chi connectivity index (χ0n) is 12.6. The molecule has 6 heteroatoms. The predicted octanol–water partition coefficient (Wildman–Crippen LogP) is 1.99. The highest BCUT2D eigenvalue weighted by atomic mass is 16.6. The van der Waals surface area contributed by atoms with Gasteiger partial charge < -0.3 is 14.2 Å². The Labute approximate surface area is 137 Å². The van der Waals surface area contributed by atoms with Crippen LogP contribution in [0.2, 0.25) is 0 Å². The number of carbonyl (C=O) groups is 3. The number of carbonyl (C=O) groups excluding carboxylic acids is 3. The molecule has 6 nitrogen and oxygen atoms in total. The van der Waals surface area contributed by atoms with Gasteiger partial charge in [-0.25, -0.2) is 14.4 Å². The molecule has 1 saturated heterocycles. The Morgan fingerprint density at radius 2 is 1.33 bits per heavy atom. The highest BCUT2D eigenvalue weighted by molar-refractivity contribution is 5.93. The fraction of sp³-hybridized carbons (Fsp3) is 0.167. The molecule has 1 heterocycles. The Hall–Kier alpha value is -3.15. The molecule has 1 fully saturated rings. The van der Waals surface area contributed by atoms with Crippen LogP contribution >= 0.6 is 0 Å². The minimum atomic E-state index is -1.27. The van der Waals surface area contributed by atoms with E-state index in [9.17, 15) is 14.4 Å². The zero-order chi connectivity index (χ0) is 16.9. The van der Waals surface area contributed by atoms with E-state index in [0.29, 0.717) is 11.1 Å². The summed E-state index contributed by atoms with van der Waals surface area (Å²) in [7, 11) is 0. The van der Waals surface area contributed by atoms with Crippen molar-refractivity contribution < 1.29 is 28.6 Å². The lowest BCUT2D eigenvalue weighted by atomic mass is 10.2. The van der Waals surface area contributed by atoms with Crippen molar-refractivity contribution in [1.82, 2.24) is 0 Å². The Balaban J connectivity index is 1.68. The topological polar surface area (TPSA) is 78.9 Å². The molecule has 0 radical (unpaired) electrons. The van der Waals surface area contributed by atoms with Crippen LogP contribution < -0.4 is 0 Å². The van der Waals surface area contributed by atoms with Gasteiger partial charge in [-0.15, -0.1) is 0 Å². The van der Waals surface area contributed by atoms with Crippen LogP contribution in [0.4, 0.5) is 0 Å². The van der Waals surface area contributed by atoms with Crippen LogP contribution in [0.5, 0.6) is 0 Å². The van der Waals surface area contributed by atoms with Gasteiger partial charge in [0.1, 0.15) is 6.61 Å². The molecule has 0 saturated carbocycles. The van der Waals surface area contributed by atoms with Gasteiger partial charge in [0.05, 0.1) is 11.1 Å². The van der Waals surface area contributed by atoms with Crippen molar-refractivity contribution in [3.8, 4) is 0 Å². The minimum Gasteiger partial charge on any atom is -0.459 e. The normalized spacial score (nSPS) is 19.4. The molecule has 0 amide bonds. The average molecular weight is 326 g/mol. The summed E-state index contributed by atoms with van der Waals surface area (Å²) in [4.78, 5) is 35.9. The molecule has 0 N–H and O–H groups in total. The van der Waals surface area contributed by atoms with Gasteiger partial charge in [0, 0.05) is 0 Å². The maximum absolute atomic E-state index is 12.1. The van der Waals surface area contributed by atoms with E-state index >= 15 is 0 Å². The summed E-state index contributed by atoms with van der Waals surface area (Å²) < 4.78 is 15.3. The maximum Gasteiger partial charge on any atom is 0.351 e. The zero-order valence-corrected chi connectivity index (χ0v) is 12.6. The molecule has 2 aromatic rings. The van der Waals surface area contributed by atoms with E-state index in [1.807, 2.05) is 0 Å². The van der Waals surface area contributed by atoms with E-state index in [1.54, 1.807) is 60.7 Å². The SMILES string of the molecule is O=C(O[C@@H]1C(=O)OC[C@H]1OC(=O)c1ccccc1)c1ccccc1. The Kier molecular flexibility index (Phi) is 4.56. The molecule has 0 aromatic heterocycles. The third-order valence-electron chi connectivity index (χ3n) is 3.47. The Morgan fingerprint density at radius 1 is 0.833 bits per heavy atom. The van der Waals surface area contributed by atoms with Gasteiger partial charge in [0.15, 0.2) is 6.10 Å². The highest BCUT2D eigenvalue weighted by Crippen LogP contribution is 2.19. The van der Waals surface area contributed by atoms with Crippen LogP contribution in [0.3, 0.4) is 0 Å². The predicted molar refractivity (Wildman–Crippen MR) is 82.3 cm³/mol. The maximum atomic E-state index is 12.1. The molecule has 3 rings (SSSR count). The monoisotopic (exact) mass is 326 g/mol. The fourth-order valence-electron chi connectivity index (χ4n) is 2.24. The van der Waals surface area contributed by atoms with Gasteiger partial charge >= 0.3 is 17.9 Å². The van der Waals surface area contributed by atoms with Gasteiger partial charge in [-0.2, -0.15) is 0 Å². The van der Waals surface area contributed by atoms with E-state index in [-0.39, 0.29) is 6.61 Å². The third-order valence-corrected chi connectivity index (χ3v) is 3.47. The quantitative estimate of drug-likeness (QED) is 0.631. The van der Waals surface area contributed by atoms with Gasteiger partial charge in [-0.05, 0) is 24.3 Å². The summed E-state index contributed by atoms with van der Waals surface area (Å²) in [6.45, 7) is -0.149. The van der Waals surface area contributed by atoms with Crippen molar-refractivity contribution in [2.24, 2.45) is 0 Å². The average Bonchev–Trinajstić information content (AvgIpc) is 2.96. The number of hydrogen-bond donors (Lipinski definition) is 0. The number of cyclic esters (lactones) is 1. The Morgan fingerprint density at radius 3 is 1.88 bits per heavy atom. The highest BCUT2D eigenvalue weighted by Gasteiger charge is 2.43. The number of rotatable bonds is 4. The van der Waals surface area contributed by atoms with Crippen molar-refractivity contribution in [2.45, 2.75) is 12.2 Å². The third kappa shape index (κ3) is 3.43. The van der Waals surface area contributed by atoms with Crippen LogP contribution in [-0.4, -0.2) is 36.7 Å². The van der Waals surface area contributed by atoms with Crippen molar-refractivity contribution >= 4 is 17.9 Å². The second-order valence-electron chi connectivity index (χ2n) is 5.13. The van der Waals surface area contributed by atoms with Crippen LogP contribution in [-0.2, 0) is 19.0 Å². The molecule has 2 aromatic carbocycles. The Bertz CT molecular complexity index is 741. The van der Waals surface area contributed by atoms with Gasteiger partial charge in [0.25, 0.3) is 0 Å². The second-order valence-corrected chi connectivity index (χ2v) is 5.13. The first-order valence-corrected chi connectivity index (χ1v) is 7.34. The molecule has 0 spiro atoms. The second kappa shape index (κ2) is 6.95. The van der Waals surface area contributed by atoms with E-state index in [2.05, 4.69) is 0 Å². The van der Waals surface area contributed by atoms with E-state index < -0.39 is 30.1 Å². The standard InChI is InChI=1S/C18H14O6/c19-16(12-7-3-1-4-8-12)23-14-11-22-18(21)15(14)24-17(20)13-9-5-2-6-10-13/h1-10,14-15H,11H2/t14-,15+/m1/s1. The summed E-state index contributed by atoms with van der Waals surface area (Å²) in [6, 6.07) is 16.6. The van der Waals surface area contributed by atoms with Crippen LogP contribution in [0.15, 0.2) is 60.7 Å². The first kappa shape index (κ1) is 15.7.